The maximum atomic E-state index is 13.7. The van der Waals surface area contributed by atoms with Gasteiger partial charge in [-0.1, -0.05) is 0 Å². The minimum atomic E-state index is -1.32. The van der Waals surface area contributed by atoms with E-state index in [0.717, 1.165) is 0 Å². The van der Waals surface area contributed by atoms with Gasteiger partial charge in [0.15, 0.2) is 0 Å². The van der Waals surface area contributed by atoms with Crippen LogP contribution in [0.3, 0.4) is 0 Å². The average molecular weight is 325 g/mol. The van der Waals surface area contributed by atoms with Crippen molar-refractivity contribution < 1.29 is 14.0 Å². The van der Waals surface area contributed by atoms with Crippen LogP contribution in [0, 0.1) is 5.95 Å². The van der Waals surface area contributed by atoms with Crippen molar-refractivity contribution in [3.63, 3.8) is 0 Å². The molecule has 0 saturated carbocycles. The quantitative estimate of drug-likeness (QED) is 0.635. The van der Waals surface area contributed by atoms with E-state index >= 15 is 0 Å². The fourth-order valence-corrected chi connectivity index (χ4v) is 2.77. The predicted molar refractivity (Wildman–Crippen MR) is 68.2 cm³/mol. The first-order chi connectivity index (χ1) is 7.89. The predicted octanol–water partition coefficient (Wildman–Crippen LogP) is 1.46. The summed E-state index contributed by atoms with van der Waals surface area (Å²) < 4.78 is 28.3. The molecule has 1 heterocycles. The molecule has 0 bridgehead atoms. The maximum absolute atomic E-state index is 13.7. The zero-order chi connectivity index (χ0) is 13.1. The van der Waals surface area contributed by atoms with E-state index in [2.05, 4.69) is 25.6 Å². The van der Waals surface area contributed by atoms with Crippen LogP contribution in [0.5, 0.6) is 0 Å². The number of hydrogen-bond donors (Lipinski definition) is 2. The van der Waals surface area contributed by atoms with Gasteiger partial charge in [0.25, 0.3) is 0 Å². The lowest BCUT2D eigenvalue weighted by Crippen LogP contribution is -2.44. The lowest BCUT2D eigenvalue weighted by Gasteiger charge is -2.29. The molecule has 0 fully saturated rings. The number of nitrogens with zero attached hydrogens (tertiary/aromatic N) is 1. The number of aromatic nitrogens is 1. The van der Waals surface area contributed by atoms with Gasteiger partial charge < -0.3 is 9.66 Å². The van der Waals surface area contributed by atoms with Gasteiger partial charge >= 0.3 is 0 Å². The Morgan fingerprint density at radius 3 is 2.88 bits per heavy atom. The van der Waals surface area contributed by atoms with Crippen LogP contribution < -0.4 is 4.72 Å². The van der Waals surface area contributed by atoms with Crippen molar-refractivity contribution in [2.45, 2.75) is 18.9 Å². The van der Waals surface area contributed by atoms with Crippen LogP contribution in [0.4, 0.5) is 4.39 Å². The van der Waals surface area contributed by atoms with E-state index in [0.29, 0.717) is 4.47 Å². The number of aliphatic hydroxyl groups excluding tert-OH is 1. The van der Waals surface area contributed by atoms with Gasteiger partial charge in [-0.3, -0.25) is 0 Å². The summed E-state index contributed by atoms with van der Waals surface area (Å²) in [6, 6.07) is 1.57. The van der Waals surface area contributed by atoms with Crippen molar-refractivity contribution in [3.05, 3.63) is 28.2 Å². The van der Waals surface area contributed by atoms with Crippen molar-refractivity contribution in [2.75, 3.05) is 12.9 Å². The molecule has 2 atom stereocenters. The molecule has 0 saturated heterocycles. The lowest BCUT2D eigenvalue weighted by molar-refractivity contribution is 0.234. The highest BCUT2D eigenvalue weighted by Gasteiger charge is 2.33. The fourth-order valence-electron chi connectivity index (χ4n) is 1.59. The smallest absolute Gasteiger partial charge is 0.218 e. The van der Waals surface area contributed by atoms with E-state index in [1.165, 1.54) is 12.5 Å². The highest BCUT2D eigenvalue weighted by atomic mass is 79.9. The Balaban J connectivity index is 3.16. The van der Waals surface area contributed by atoms with Gasteiger partial charge in [0.2, 0.25) is 5.95 Å². The van der Waals surface area contributed by atoms with Gasteiger partial charge in [-0.2, -0.15) is 4.39 Å². The molecule has 0 radical (unpaired) electrons. The van der Waals surface area contributed by atoms with E-state index in [1.807, 2.05) is 0 Å². The second-order valence-corrected chi connectivity index (χ2v) is 5.88. The molecule has 0 aliphatic rings. The van der Waals surface area contributed by atoms with E-state index in [4.69, 9.17) is 5.11 Å². The zero-order valence-electron chi connectivity index (χ0n) is 9.54. The Bertz CT molecular complexity index is 395. The summed E-state index contributed by atoms with van der Waals surface area (Å²) in [6.45, 7) is 1.53. The zero-order valence-corrected chi connectivity index (χ0v) is 11.9. The van der Waals surface area contributed by atoms with Crippen LogP contribution in [0.25, 0.3) is 0 Å². The minimum absolute atomic E-state index is 0.146. The molecule has 0 amide bonds. The minimum Gasteiger partial charge on any atom is -0.598 e. The second kappa shape index (κ2) is 6.10. The first-order valence-electron chi connectivity index (χ1n) is 4.92. The number of pyridine rings is 1. The third-order valence-corrected chi connectivity index (χ3v) is 3.55. The Kier molecular flexibility index (Phi) is 5.33. The Hall–Kier alpha value is -0.210. The van der Waals surface area contributed by atoms with Crippen molar-refractivity contribution in [3.8, 4) is 0 Å². The van der Waals surface area contributed by atoms with Crippen molar-refractivity contribution in [1.82, 2.24) is 9.71 Å². The molecule has 7 heteroatoms. The molecular formula is C10H14BrFN2O2S. The van der Waals surface area contributed by atoms with E-state index in [-0.39, 0.29) is 18.6 Å². The molecule has 1 rings (SSSR count). The van der Waals surface area contributed by atoms with Gasteiger partial charge in [-0.25, -0.2) is 4.98 Å². The summed E-state index contributed by atoms with van der Waals surface area (Å²) in [5.41, 5.74) is -0.647. The third kappa shape index (κ3) is 3.89. The third-order valence-electron chi connectivity index (χ3n) is 2.38. The number of halogens is 2. The van der Waals surface area contributed by atoms with Gasteiger partial charge in [0, 0.05) is 34.2 Å². The summed E-state index contributed by atoms with van der Waals surface area (Å²) in [7, 11) is 0. The summed E-state index contributed by atoms with van der Waals surface area (Å²) in [6.07, 6.45) is 3.04. The first-order valence-corrected chi connectivity index (χ1v) is 7.28. The van der Waals surface area contributed by atoms with Crippen molar-refractivity contribution in [2.24, 2.45) is 0 Å². The standard InChI is InChI=1S/C10H14BrFN2O2S/c1-10(3-4-15,14-17(2)16)8-5-7(11)6-13-9(8)12/h5-6,14-15H,3-4H2,1-2H3/t10-,17+/m0/s1. The normalized spacial score (nSPS) is 16.6. The van der Waals surface area contributed by atoms with Crippen LogP contribution in [0.15, 0.2) is 16.7 Å². The molecule has 2 N–H and O–H groups in total. The van der Waals surface area contributed by atoms with Crippen molar-refractivity contribution in [1.29, 1.82) is 0 Å². The van der Waals surface area contributed by atoms with Crippen LogP contribution in [-0.2, 0) is 16.9 Å². The van der Waals surface area contributed by atoms with Crippen LogP contribution in [0.1, 0.15) is 18.9 Å². The Morgan fingerprint density at radius 2 is 2.35 bits per heavy atom. The molecule has 0 unspecified atom stereocenters. The monoisotopic (exact) mass is 324 g/mol. The van der Waals surface area contributed by atoms with Gasteiger partial charge in [-0.15, -0.1) is 4.72 Å². The summed E-state index contributed by atoms with van der Waals surface area (Å²) in [4.78, 5) is 3.60. The summed E-state index contributed by atoms with van der Waals surface area (Å²) in [5.74, 6) is -0.637. The summed E-state index contributed by atoms with van der Waals surface area (Å²) >= 11 is 1.89. The Labute approximate surface area is 111 Å². The maximum Gasteiger partial charge on any atom is 0.218 e. The molecule has 0 aromatic carbocycles. The summed E-state index contributed by atoms with van der Waals surface area (Å²) in [5, 5.41) is 9.04. The molecule has 0 aliphatic heterocycles. The average Bonchev–Trinajstić information content (AvgIpc) is 2.20. The molecule has 1 aromatic rings. The highest BCUT2D eigenvalue weighted by Crippen LogP contribution is 2.28. The topological polar surface area (TPSA) is 68.2 Å². The molecule has 0 spiro atoms. The molecular weight excluding hydrogens is 311 g/mol. The molecule has 4 nitrogen and oxygen atoms in total. The van der Waals surface area contributed by atoms with E-state index in [1.54, 1.807) is 13.0 Å². The Morgan fingerprint density at radius 1 is 1.71 bits per heavy atom. The molecule has 17 heavy (non-hydrogen) atoms. The number of hydrogen-bond acceptors (Lipinski definition) is 4. The lowest BCUT2D eigenvalue weighted by atomic mass is 9.91. The van der Waals surface area contributed by atoms with Gasteiger partial charge in [0.1, 0.15) is 6.26 Å². The molecule has 1 aromatic heterocycles. The molecule has 96 valence electrons. The highest BCUT2D eigenvalue weighted by molar-refractivity contribution is 9.10. The second-order valence-electron chi connectivity index (χ2n) is 3.85. The molecule has 0 aliphatic carbocycles. The van der Waals surface area contributed by atoms with Gasteiger partial charge in [-0.05, 0) is 35.3 Å². The van der Waals surface area contributed by atoms with Crippen LogP contribution >= 0.6 is 15.9 Å². The van der Waals surface area contributed by atoms with Crippen LogP contribution in [-0.4, -0.2) is 27.5 Å². The van der Waals surface area contributed by atoms with Gasteiger partial charge in [0.05, 0.1) is 5.54 Å². The number of aliphatic hydroxyl groups is 1. The largest absolute Gasteiger partial charge is 0.598 e. The fraction of sp³-hybridized carbons (Fsp3) is 0.500. The van der Waals surface area contributed by atoms with Crippen molar-refractivity contribution >= 4 is 27.3 Å². The number of nitrogens with one attached hydrogen (secondary N) is 1. The van der Waals surface area contributed by atoms with E-state index < -0.39 is 22.8 Å². The number of rotatable bonds is 5. The SMILES string of the molecule is C[S@@+]([O-])N[C@@](C)(CCO)c1cc(Br)cnc1F. The van der Waals surface area contributed by atoms with Crippen LogP contribution in [0.2, 0.25) is 0 Å². The first kappa shape index (κ1) is 14.8. The van der Waals surface area contributed by atoms with E-state index in [9.17, 15) is 8.94 Å².